The van der Waals surface area contributed by atoms with Crippen LogP contribution in [-0.4, -0.2) is 54.8 Å². The largest absolute Gasteiger partial charge is 0.385 e. The van der Waals surface area contributed by atoms with Gasteiger partial charge in [-0.05, 0) is 25.7 Å². The summed E-state index contributed by atoms with van der Waals surface area (Å²) >= 11 is 0. The van der Waals surface area contributed by atoms with Crippen LogP contribution in [0.5, 0.6) is 0 Å². The molecule has 3 fully saturated rings. The minimum atomic E-state index is -0.214. The number of rotatable bonds is 2. The maximum absolute atomic E-state index is 7.58. The fourth-order valence-electron chi connectivity index (χ4n) is 4.05. The number of hydrogen-bond donors (Lipinski definition) is 2. The number of nitrogens with one attached hydrogen (secondary N) is 1. The Morgan fingerprint density at radius 1 is 1.20 bits per heavy atom. The summed E-state index contributed by atoms with van der Waals surface area (Å²) in [7, 11) is 0. The normalized spacial score (nSPS) is 35.0. The van der Waals surface area contributed by atoms with E-state index >= 15 is 0 Å². The average molecular weight is 281 g/mol. The Labute approximate surface area is 121 Å². The van der Waals surface area contributed by atoms with Gasteiger partial charge in [0.2, 0.25) is 0 Å². The fourth-order valence-corrected chi connectivity index (χ4v) is 4.05. The molecule has 0 radical (unpaired) electrons. The number of morpholine rings is 1. The quantitative estimate of drug-likeness (QED) is 0.594. The van der Waals surface area contributed by atoms with E-state index in [-0.39, 0.29) is 17.5 Å². The molecule has 2 saturated heterocycles. The lowest BCUT2D eigenvalue weighted by Gasteiger charge is -2.48. The zero-order chi connectivity index (χ0) is 14.0. The van der Waals surface area contributed by atoms with Gasteiger partial charge >= 0.3 is 0 Å². The van der Waals surface area contributed by atoms with Gasteiger partial charge in [0, 0.05) is 25.7 Å². The highest BCUT2D eigenvalue weighted by Gasteiger charge is 2.41. The van der Waals surface area contributed by atoms with Crippen LogP contribution in [0.15, 0.2) is 0 Å². The third kappa shape index (κ3) is 3.00. The van der Waals surface area contributed by atoms with Gasteiger partial charge in [0.25, 0.3) is 0 Å². The van der Waals surface area contributed by atoms with E-state index in [4.69, 9.17) is 20.6 Å². The number of nitrogens with two attached hydrogens (primary N) is 1. The van der Waals surface area contributed by atoms with E-state index in [2.05, 4.69) is 4.90 Å². The third-order valence-corrected chi connectivity index (χ3v) is 5.19. The molecule has 0 aromatic heterocycles. The predicted molar refractivity (Wildman–Crippen MR) is 78.0 cm³/mol. The fraction of sp³-hybridized carbons (Fsp3) is 0.933. The second-order valence-corrected chi connectivity index (χ2v) is 6.55. The summed E-state index contributed by atoms with van der Waals surface area (Å²) in [5.41, 5.74) is 5.75. The molecule has 1 saturated carbocycles. The Kier molecular flexibility index (Phi) is 4.29. The van der Waals surface area contributed by atoms with E-state index in [0.29, 0.717) is 12.6 Å². The van der Waals surface area contributed by atoms with E-state index in [1.165, 1.54) is 32.1 Å². The lowest BCUT2D eigenvalue weighted by Crippen LogP contribution is -2.56. The summed E-state index contributed by atoms with van der Waals surface area (Å²) in [6.07, 6.45) is 8.48. The highest BCUT2D eigenvalue weighted by atomic mass is 16.5. The standard InChI is InChI=1S/C15H27N3O2/c16-14(17)13-11-18(7-9-19-13)12-4-8-20-15(10-12)5-2-1-3-6-15/h12-13H,1-11H2,(H3,16,17). The lowest BCUT2D eigenvalue weighted by atomic mass is 9.78. The van der Waals surface area contributed by atoms with Crippen molar-refractivity contribution in [1.82, 2.24) is 4.90 Å². The summed E-state index contributed by atoms with van der Waals surface area (Å²) in [6.45, 7) is 3.31. The first-order chi connectivity index (χ1) is 9.69. The van der Waals surface area contributed by atoms with Crippen molar-refractivity contribution < 1.29 is 9.47 Å². The highest BCUT2D eigenvalue weighted by Crippen LogP contribution is 2.40. The number of hydrogen-bond acceptors (Lipinski definition) is 4. The molecular weight excluding hydrogens is 254 g/mol. The van der Waals surface area contributed by atoms with E-state index in [1.54, 1.807) is 0 Å². The van der Waals surface area contributed by atoms with Crippen LogP contribution in [0.2, 0.25) is 0 Å². The molecule has 2 unspecified atom stereocenters. The summed E-state index contributed by atoms with van der Waals surface area (Å²) in [4.78, 5) is 2.48. The topological polar surface area (TPSA) is 71.6 Å². The Morgan fingerprint density at radius 2 is 2.00 bits per heavy atom. The minimum Gasteiger partial charge on any atom is -0.385 e. The third-order valence-electron chi connectivity index (χ3n) is 5.19. The van der Waals surface area contributed by atoms with Crippen LogP contribution in [0.4, 0.5) is 0 Å². The molecule has 0 bridgehead atoms. The molecular formula is C15H27N3O2. The van der Waals surface area contributed by atoms with Gasteiger partial charge < -0.3 is 15.2 Å². The van der Waals surface area contributed by atoms with E-state index in [9.17, 15) is 0 Å². The van der Waals surface area contributed by atoms with Gasteiger partial charge in [-0.15, -0.1) is 0 Å². The molecule has 2 heterocycles. The molecule has 2 atom stereocenters. The van der Waals surface area contributed by atoms with Gasteiger partial charge in [0.1, 0.15) is 11.9 Å². The SMILES string of the molecule is N=C(N)C1CN(C2CCOC3(CCCCC3)C2)CCO1. The molecule has 0 aromatic rings. The summed E-state index contributed by atoms with van der Waals surface area (Å²) < 4.78 is 11.8. The van der Waals surface area contributed by atoms with Crippen LogP contribution in [0.3, 0.4) is 0 Å². The van der Waals surface area contributed by atoms with Crippen molar-refractivity contribution in [3.63, 3.8) is 0 Å². The molecule has 0 amide bonds. The van der Waals surface area contributed by atoms with Crippen LogP contribution in [0, 0.1) is 5.41 Å². The van der Waals surface area contributed by atoms with E-state index in [1.807, 2.05) is 0 Å². The van der Waals surface area contributed by atoms with Crippen LogP contribution in [0.1, 0.15) is 44.9 Å². The molecule has 3 rings (SSSR count). The molecule has 5 heteroatoms. The van der Waals surface area contributed by atoms with Gasteiger partial charge in [-0.1, -0.05) is 19.3 Å². The smallest absolute Gasteiger partial charge is 0.127 e. The Bertz CT molecular complexity index is 350. The maximum atomic E-state index is 7.58. The molecule has 3 N–H and O–H groups in total. The van der Waals surface area contributed by atoms with Crippen molar-refractivity contribution in [3.05, 3.63) is 0 Å². The molecule has 114 valence electrons. The Balaban J connectivity index is 1.62. The van der Waals surface area contributed by atoms with Crippen molar-refractivity contribution in [1.29, 1.82) is 5.41 Å². The molecule has 1 spiro atoms. The first-order valence-corrected chi connectivity index (χ1v) is 8.02. The summed E-state index contributed by atoms with van der Waals surface area (Å²) in [5.74, 6) is 0.161. The second kappa shape index (κ2) is 6.00. The predicted octanol–water partition coefficient (Wildman–Crippen LogP) is 1.51. The number of amidine groups is 1. The first-order valence-electron chi connectivity index (χ1n) is 8.02. The molecule has 20 heavy (non-hydrogen) atoms. The van der Waals surface area contributed by atoms with Crippen LogP contribution < -0.4 is 5.73 Å². The molecule has 1 aliphatic carbocycles. The van der Waals surface area contributed by atoms with Crippen molar-refractivity contribution in [2.75, 3.05) is 26.3 Å². The molecule has 2 aliphatic heterocycles. The summed E-state index contributed by atoms with van der Waals surface area (Å²) in [5, 5.41) is 7.58. The van der Waals surface area contributed by atoms with Crippen LogP contribution in [0.25, 0.3) is 0 Å². The van der Waals surface area contributed by atoms with Crippen LogP contribution in [-0.2, 0) is 9.47 Å². The molecule has 5 nitrogen and oxygen atoms in total. The van der Waals surface area contributed by atoms with Gasteiger partial charge in [-0.3, -0.25) is 10.3 Å². The van der Waals surface area contributed by atoms with Gasteiger partial charge in [0.05, 0.1) is 12.2 Å². The van der Waals surface area contributed by atoms with Crippen LogP contribution >= 0.6 is 0 Å². The zero-order valence-electron chi connectivity index (χ0n) is 12.3. The highest BCUT2D eigenvalue weighted by molar-refractivity contribution is 5.82. The van der Waals surface area contributed by atoms with E-state index < -0.39 is 0 Å². The zero-order valence-corrected chi connectivity index (χ0v) is 12.3. The number of ether oxygens (including phenoxy) is 2. The molecule has 3 aliphatic rings. The van der Waals surface area contributed by atoms with Gasteiger partial charge in [-0.25, -0.2) is 0 Å². The summed E-state index contributed by atoms with van der Waals surface area (Å²) in [6, 6.07) is 0.576. The van der Waals surface area contributed by atoms with Crippen molar-refractivity contribution >= 4 is 5.84 Å². The second-order valence-electron chi connectivity index (χ2n) is 6.55. The van der Waals surface area contributed by atoms with Gasteiger partial charge in [0.15, 0.2) is 0 Å². The van der Waals surface area contributed by atoms with Gasteiger partial charge in [-0.2, -0.15) is 0 Å². The Hall–Kier alpha value is -0.650. The average Bonchev–Trinajstić information content (AvgIpc) is 2.48. The van der Waals surface area contributed by atoms with Crippen molar-refractivity contribution in [3.8, 4) is 0 Å². The van der Waals surface area contributed by atoms with Crippen molar-refractivity contribution in [2.45, 2.75) is 62.7 Å². The lowest BCUT2D eigenvalue weighted by molar-refractivity contribution is -0.134. The number of nitrogens with zero attached hydrogens (tertiary/aromatic N) is 1. The van der Waals surface area contributed by atoms with Crippen molar-refractivity contribution in [2.24, 2.45) is 5.73 Å². The van der Waals surface area contributed by atoms with E-state index in [0.717, 1.165) is 32.5 Å². The first kappa shape index (κ1) is 14.3. The maximum Gasteiger partial charge on any atom is 0.127 e. The monoisotopic (exact) mass is 281 g/mol. The minimum absolute atomic E-state index is 0.144. The molecule has 0 aromatic carbocycles. The Morgan fingerprint density at radius 3 is 2.75 bits per heavy atom.